The van der Waals surface area contributed by atoms with Crippen molar-refractivity contribution in [1.82, 2.24) is 5.16 Å². The van der Waals surface area contributed by atoms with E-state index < -0.39 is 0 Å². The number of aryl methyl sites for hydroxylation is 2. The van der Waals surface area contributed by atoms with Gasteiger partial charge in [-0.2, -0.15) is 0 Å². The Bertz CT molecular complexity index is 568. The Morgan fingerprint density at radius 1 is 1.22 bits per heavy atom. The average molecular weight is 285 g/mol. The zero-order valence-electron chi connectivity index (χ0n) is 9.75. The molecule has 0 unspecified atom stereocenters. The quantitative estimate of drug-likeness (QED) is 0.911. The Labute approximate surface area is 114 Å². The molecular formula is C12H10Cl2N2O2. The summed E-state index contributed by atoms with van der Waals surface area (Å²) in [5, 5.41) is 7.34. The first-order valence-corrected chi connectivity index (χ1v) is 5.93. The van der Waals surface area contributed by atoms with Crippen LogP contribution in [0.25, 0.3) is 0 Å². The number of rotatable bonds is 2. The molecule has 0 bridgehead atoms. The van der Waals surface area contributed by atoms with Crippen molar-refractivity contribution in [3.05, 3.63) is 45.3 Å². The predicted octanol–water partition coefficient (Wildman–Crippen LogP) is 3.85. The predicted molar refractivity (Wildman–Crippen MR) is 70.4 cm³/mol. The third-order valence-corrected chi connectivity index (χ3v) is 2.82. The number of anilines is 1. The second-order valence-corrected chi connectivity index (χ2v) is 4.68. The van der Waals surface area contributed by atoms with Crippen LogP contribution in [0.4, 0.5) is 5.69 Å². The first-order valence-electron chi connectivity index (χ1n) is 5.17. The lowest BCUT2D eigenvalue weighted by molar-refractivity contribution is 0.102. The van der Waals surface area contributed by atoms with Gasteiger partial charge >= 0.3 is 0 Å². The molecule has 0 aliphatic rings. The van der Waals surface area contributed by atoms with Gasteiger partial charge in [0, 0.05) is 15.7 Å². The van der Waals surface area contributed by atoms with E-state index in [1.807, 2.05) is 0 Å². The largest absolute Gasteiger partial charge is 0.361 e. The van der Waals surface area contributed by atoms with Crippen LogP contribution in [0.5, 0.6) is 0 Å². The van der Waals surface area contributed by atoms with Gasteiger partial charge in [-0.3, -0.25) is 4.79 Å². The molecule has 0 aliphatic heterocycles. The molecule has 0 spiro atoms. The fraction of sp³-hybridized carbons (Fsp3) is 0.167. The van der Waals surface area contributed by atoms with Crippen LogP contribution in [-0.4, -0.2) is 11.1 Å². The lowest BCUT2D eigenvalue weighted by Crippen LogP contribution is -2.13. The van der Waals surface area contributed by atoms with Crippen LogP contribution in [0.1, 0.15) is 21.8 Å². The van der Waals surface area contributed by atoms with E-state index in [2.05, 4.69) is 10.5 Å². The molecule has 0 radical (unpaired) electrons. The Hall–Kier alpha value is -1.52. The van der Waals surface area contributed by atoms with Gasteiger partial charge in [0.1, 0.15) is 11.3 Å². The highest BCUT2D eigenvalue weighted by molar-refractivity contribution is 6.35. The number of carbonyl (C=O) groups excluding carboxylic acids is 1. The van der Waals surface area contributed by atoms with E-state index in [4.69, 9.17) is 27.7 Å². The van der Waals surface area contributed by atoms with Crippen LogP contribution in [0.3, 0.4) is 0 Å². The molecule has 4 nitrogen and oxygen atoms in total. The molecule has 1 aromatic heterocycles. The number of benzene rings is 1. The van der Waals surface area contributed by atoms with Crippen LogP contribution in [-0.2, 0) is 0 Å². The summed E-state index contributed by atoms with van der Waals surface area (Å²) in [5.41, 5.74) is 1.49. The highest BCUT2D eigenvalue weighted by atomic mass is 35.5. The van der Waals surface area contributed by atoms with Crippen molar-refractivity contribution in [1.29, 1.82) is 0 Å². The van der Waals surface area contributed by atoms with Crippen molar-refractivity contribution in [3.8, 4) is 0 Å². The van der Waals surface area contributed by atoms with Crippen molar-refractivity contribution in [2.75, 3.05) is 5.32 Å². The van der Waals surface area contributed by atoms with Gasteiger partial charge < -0.3 is 9.84 Å². The smallest absolute Gasteiger partial charge is 0.261 e. The molecule has 2 aromatic rings. The Morgan fingerprint density at radius 3 is 2.33 bits per heavy atom. The van der Waals surface area contributed by atoms with Gasteiger partial charge in [-0.15, -0.1) is 0 Å². The first kappa shape index (κ1) is 12.9. The topological polar surface area (TPSA) is 55.1 Å². The highest BCUT2D eigenvalue weighted by Gasteiger charge is 2.17. The molecule has 1 amide bonds. The maximum absolute atomic E-state index is 12.0. The van der Waals surface area contributed by atoms with Crippen LogP contribution in [0.2, 0.25) is 10.0 Å². The van der Waals surface area contributed by atoms with Crippen molar-refractivity contribution in [2.24, 2.45) is 0 Å². The van der Waals surface area contributed by atoms with E-state index in [-0.39, 0.29) is 5.91 Å². The van der Waals surface area contributed by atoms with Gasteiger partial charge in [0.2, 0.25) is 0 Å². The third-order valence-electron chi connectivity index (χ3n) is 2.38. The van der Waals surface area contributed by atoms with Crippen LogP contribution >= 0.6 is 23.2 Å². The number of nitrogens with one attached hydrogen (secondary N) is 1. The Balaban J connectivity index is 2.27. The number of amides is 1. The fourth-order valence-corrected chi connectivity index (χ4v) is 2.15. The van der Waals surface area contributed by atoms with Gasteiger partial charge in [0.25, 0.3) is 5.91 Å². The van der Waals surface area contributed by atoms with Crippen molar-refractivity contribution in [2.45, 2.75) is 13.8 Å². The minimum Gasteiger partial charge on any atom is -0.361 e. The molecule has 0 saturated carbocycles. The summed E-state index contributed by atoms with van der Waals surface area (Å²) in [6, 6.07) is 4.82. The standard InChI is InChI=1S/C12H10Cl2N2O2/c1-6-11(7(2)18-16-6)12(17)15-10-4-8(13)3-9(14)5-10/h3-5H,1-2H3,(H,15,17). The van der Waals surface area contributed by atoms with Crippen molar-refractivity contribution in [3.63, 3.8) is 0 Å². The average Bonchev–Trinajstić information content (AvgIpc) is 2.56. The number of aromatic nitrogens is 1. The molecule has 94 valence electrons. The molecule has 0 atom stereocenters. The number of carbonyl (C=O) groups is 1. The van der Waals surface area contributed by atoms with Gasteiger partial charge in [-0.05, 0) is 32.0 Å². The number of hydrogen-bond acceptors (Lipinski definition) is 3. The maximum Gasteiger partial charge on any atom is 0.261 e. The third kappa shape index (κ3) is 2.66. The first-order chi connectivity index (χ1) is 8.47. The van der Waals surface area contributed by atoms with Crippen LogP contribution in [0, 0.1) is 13.8 Å². The summed E-state index contributed by atoms with van der Waals surface area (Å²) in [6.07, 6.45) is 0. The molecule has 1 aromatic carbocycles. The van der Waals surface area contributed by atoms with Crippen molar-refractivity contribution >= 4 is 34.8 Å². The van der Waals surface area contributed by atoms with E-state index in [1.54, 1.807) is 32.0 Å². The summed E-state index contributed by atoms with van der Waals surface area (Å²) >= 11 is 11.7. The van der Waals surface area contributed by atoms with E-state index in [9.17, 15) is 4.79 Å². The minimum atomic E-state index is -0.301. The van der Waals surface area contributed by atoms with Gasteiger partial charge in [0.05, 0.1) is 5.69 Å². The summed E-state index contributed by atoms with van der Waals surface area (Å²) in [5.74, 6) is 0.169. The summed E-state index contributed by atoms with van der Waals surface area (Å²) in [6.45, 7) is 3.39. The van der Waals surface area contributed by atoms with E-state index in [0.717, 1.165) is 0 Å². The number of hydrogen-bond donors (Lipinski definition) is 1. The molecule has 1 heterocycles. The fourth-order valence-electron chi connectivity index (χ4n) is 1.63. The lowest BCUT2D eigenvalue weighted by atomic mass is 10.2. The summed E-state index contributed by atoms with van der Waals surface area (Å²) in [4.78, 5) is 12.0. The Morgan fingerprint density at radius 2 is 1.83 bits per heavy atom. The Kier molecular flexibility index (Phi) is 3.59. The zero-order valence-corrected chi connectivity index (χ0v) is 11.3. The highest BCUT2D eigenvalue weighted by Crippen LogP contribution is 2.23. The van der Waals surface area contributed by atoms with Crippen LogP contribution in [0.15, 0.2) is 22.7 Å². The SMILES string of the molecule is Cc1noc(C)c1C(=O)Nc1cc(Cl)cc(Cl)c1. The monoisotopic (exact) mass is 284 g/mol. The van der Waals surface area contributed by atoms with Gasteiger partial charge in [-0.1, -0.05) is 28.4 Å². The molecule has 18 heavy (non-hydrogen) atoms. The van der Waals surface area contributed by atoms with E-state index in [0.29, 0.717) is 32.8 Å². The van der Waals surface area contributed by atoms with Crippen molar-refractivity contribution < 1.29 is 9.32 Å². The molecule has 6 heteroatoms. The molecule has 0 aliphatic carbocycles. The molecule has 1 N–H and O–H groups in total. The summed E-state index contributed by atoms with van der Waals surface area (Å²) in [7, 11) is 0. The normalized spacial score (nSPS) is 10.4. The number of nitrogens with zero attached hydrogens (tertiary/aromatic N) is 1. The van der Waals surface area contributed by atoms with Crippen LogP contribution < -0.4 is 5.32 Å². The lowest BCUT2D eigenvalue weighted by Gasteiger charge is -2.05. The molecule has 2 rings (SSSR count). The van der Waals surface area contributed by atoms with E-state index >= 15 is 0 Å². The molecule has 0 saturated heterocycles. The van der Waals surface area contributed by atoms with Gasteiger partial charge in [0.15, 0.2) is 0 Å². The van der Waals surface area contributed by atoms with E-state index in [1.165, 1.54) is 0 Å². The maximum atomic E-state index is 12.0. The molecular weight excluding hydrogens is 275 g/mol. The second-order valence-electron chi connectivity index (χ2n) is 3.81. The zero-order chi connectivity index (χ0) is 13.3. The molecule has 0 fully saturated rings. The summed E-state index contributed by atoms with van der Waals surface area (Å²) < 4.78 is 4.94. The minimum absolute atomic E-state index is 0.301. The second kappa shape index (κ2) is 5.00. The van der Waals surface area contributed by atoms with Gasteiger partial charge in [-0.25, -0.2) is 0 Å². The number of halogens is 2.